The zero-order chi connectivity index (χ0) is 15.2. The summed E-state index contributed by atoms with van der Waals surface area (Å²) in [5.41, 5.74) is 0. The summed E-state index contributed by atoms with van der Waals surface area (Å²) >= 11 is 0. The summed E-state index contributed by atoms with van der Waals surface area (Å²) in [4.78, 5) is 29.1. The number of hydrogen-bond donors (Lipinski definition) is 1. The van der Waals surface area contributed by atoms with Gasteiger partial charge in [0.05, 0.1) is 0 Å². The first-order valence-electron chi connectivity index (χ1n) is 8.00. The number of nitrogens with zero attached hydrogens (tertiary/aromatic N) is 3. The first-order chi connectivity index (χ1) is 10.1. The van der Waals surface area contributed by atoms with Crippen LogP contribution in [-0.4, -0.2) is 78.1 Å². The van der Waals surface area contributed by atoms with Crippen molar-refractivity contribution in [3.8, 4) is 0 Å². The Morgan fingerprint density at radius 2 is 1.76 bits per heavy atom. The van der Waals surface area contributed by atoms with Crippen molar-refractivity contribution in [1.29, 1.82) is 0 Å². The molecule has 120 valence electrons. The standard InChI is InChI=1S/C15H27N3O3/c1-16(10-11-17-6-2-3-7-17)15(21)18-8-4-13(5-9-18)12-14(19)20/h13H,2-12H2,1H3,(H,19,20). The van der Waals surface area contributed by atoms with E-state index in [1.54, 1.807) is 4.90 Å². The second-order valence-corrected chi connectivity index (χ2v) is 6.28. The fraction of sp³-hybridized carbons (Fsp3) is 0.867. The zero-order valence-corrected chi connectivity index (χ0v) is 13.0. The molecule has 2 saturated heterocycles. The van der Waals surface area contributed by atoms with Gasteiger partial charge in [0.25, 0.3) is 0 Å². The summed E-state index contributed by atoms with van der Waals surface area (Å²) in [5, 5.41) is 8.81. The molecule has 6 heteroatoms. The van der Waals surface area contributed by atoms with Crippen molar-refractivity contribution in [2.24, 2.45) is 5.92 Å². The molecule has 2 amide bonds. The number of aliphatic carboxylic acids is 1. The van der Waals surface area contributed by atoms with E-state index in [-0.39, 0.29) is 18.4 Å². The minimum absolute atomic E-state index is 0.0861. The molecule has 2 heterocycles. The van der Waals surface area contributed by atoms with Crippen LogP contribution in [0.2, 0.25) is 0 Å². The summed E-state index contributed by atoms with van der Waals surface area (Å²) < 4.78 is 0. The van der Waals surface area contributed by atoms with Crippen LogP contribution in [0.3, 0.4) is 0 Å². The number of likely N-dealkylation sites (N-methyl/N-ethyl adjacent to an activating group) is 1. The Bertz CT molecular complexity index is 361. The Hall–Kier alpha value is -1.30. The highest BCUT2D eigenvalue weighted by Gasteiger charge is 2.26. The molecule has 0 spiro atoms. The molecule has 0 unspecified atom stereocenters. The van der Waals surface area contributed by atoms with E-state index in [0.29, 0.717) is 13.1 Å². The summed E-state index contributed by atoms with van der Waals surface area (Å²) in [7, 11) is 1.86. The molecule has 2 aliphatic rings. The van der Waals surface area contributed by atoms with E-state index < -0.39 is 5.97 Å². The lowest BCUT2D eigenvalue weighted by Gasteiger charge is -2.34. The third-order valence-corrected chi connectivity index (χ3v) is 4.63. The number of amides is 2. The van der Waals surface area contributed by atoms with Crippen LogP contribution in [-0.2, 0) is 4.79 Å². The quantitative estimate of drug-likeness (QED) is 0.831. The number of piperidine rings is 1. The molecule has 2 rings (SSSR count). The fourth-order valence-corrected chi connectivity index (χ4v) is 3.21. The van der Waals surface area contributed by atoms with E-state index in [0.717, 1.165) is 39.0 Å². The number of likely N-dealkylation sites (tertiary alicyclic amines) is 2. The summed E-state index contributed by atoms with van der Waals surface area (Å²) in [6.07, 6.45) is 4.38. The van der Waals surface area contributed by atoms with Gasteiger partial charge in [-0.25, -0.2) is 4.79 Å². The van der Waals surface area contributed by atoms with Crippen molar-refractivity contribution in [3.63, 3.8) is 0 Å². The van der Waals surface area contributed by atoms with Gasteiger partial charge in [0.15, 0.2) is 0 Å². The number of hydrogen-bond acceptors (Lipinski definition) is 3. The minimum atomic E-state index is -0.734. The van der Waals surface area contributed by atoms with Crippen molar-refractivity contribution < 1.29 is 14.7 Å². The van der Waals surface area contributed by atoms with Crippen molar-refractivity contribution in [2.45, 2.75) is 32.1 Å². The molecule has 0 aromatic heterocycles. The number of carbonyl (C=O) groups excluding carboxylic acids is 1. The molecule has 0 aromatic rings. The van der Waals surface area contributed by atoms with Crippen LogP contribution < -0.4 is 0 Å². The molecule has 0 bridgehead atoms. The van der Waals surface area contributed by atoms with Crippen molar-refractivity contribution in [1.82, 2.24) is 14.7 Å². The molecule has 2 aliphatic heterocycles. The second-order valence-electron chi connectivity index (χ2n) is 6.28. The molecule has 6 nitrogen and oxygen atoms in total. The molecule has 2 fully saturated rings. The lowest BCUT2D eigenvalue weighted by atomic mass is 9.94. The summed E-state index contributed by atoms with van der Waals surface area (Å²) in [5.74, 6) is -0.510. The Balaban J connectivity index is 1.69. The number of carboxylic acid groups (broad SMARTS) is 1. The van der Waals surface area contributed by atoms with Gasteiger partial charge in [0.2, 0.25) is 0 Å². The fourth-order valence-electron chi connectivity index (χ4n) is 3.21. The van der Waals surface area contributed by atoms with E-state index in [9.17, 15) is 9.59 Å². The lowest BCUT2D eigenvalue weighted by Crippen LogP contribution is -2.47. The molecule has 0 radical (unpaired) electrons. The smallest absolute Gasteiger partial charge is 0.319 e. The number of urea groups is 1. The molecular formula is C15H27N3O3. The Morgan fingerprint density at radius 3 is 2.33 bits per heavy atom. The van der Waals surface area contributed by atoms with Crippen LogP contribution >= 0.6 is 0 Å². The highest BCUT2D eigenvalue weighted by atomic mass is 16.4. The van der Waals surface area contributed by atoms with E-state index in [2.05, 4.69) is 4.90 Å². The maximum atomic E-state index is 12.3. The van der Waals surface area contributed by atoms with E-state index in [1.807, 2.05) is 11.9 Å². The van der Waals surface area contributed by atoms with Crippen LogP contribution in [0.15, 0.2) is 0 Å². The molecule has 0 aromatic carbocycles. The highest BCUT2D eigenvalue weighted by Crippen LogP contribution is 2.21. The van der Waals surface area contributed by atoms with Gasteiger partial charge in [-0.05, 0) is 44.7 Å². The predicted octanol–water partition coefficient (Wildman–Crippen LogP) is 1.32. The lowest BCUT2D eigenvalue weighted by molar-refractivity contribution is -0.138. The first kappa shape index (κ1) is 16.1. The van der Waals surface area contributed by atoms with Crippen LogP contribution in [0.25, 0.3) is 0 Å². The Kier molecular flexibility index (Phi) is 5.85. The van der Waals surface area contributed by atoms with Crippen LogP contribution in [0, 0.1) is 5.92 Å². The molecule has 1 N–H and O–H groups in total. The topological polar surface area (TPSA) is 64.1 Å². The monoisotopic (exact) mass is 297 g/mol. The van der Waals surface area contributed by atoms with Crippen LogP contribution in [0.5, 0.6) is 0 Å². The molecule has 0 atom stereocenters. The van der Waals surface area contributed by atoms with Crippen molar-refractivity contribution >= 4 is 12.0 Å². The van der Waals surface area contributed by atoms with E-state index in [1.165, 1.54) is 12.8 Å². The number of rotatable bonds is 5. The van der Waals surface area contributed by atoms with Gasteiger partial charge in [-0.15, -0.1) is 0 Å². The SMILES string of the molecule is CN(CCN1CCCC1)C(=O)N1CCC(CC(=O)O)CC1. The normalized spacial score (nSPS) is 20.7. The van der Waals surface area contributed by atoms with Crippen molar-refractivity contribution in [3.05, 3.63) is 0 Å². The average Bonchev–Trinajstić information content (AvgIpc) is 2.97. The van der Waals surface area contributed by atoms with Crippen LogP contribution in [0.4, 0.5) is 4.79 Å². The molecule has 0 saturated carbocycles. The first-order valence-corrected chi connectivity index (χ1v) is 8.00. The van der Waals surface area contributed by atoms with Gasteiger partial charge in [0.1, 0.15) is 0 Å². The Morgan fingerprint density at radius 1 is 1.14 bits per heavy atom. The maximum Gasteiger partial charge on any atom is 0.319 e. The van der Waals surface area contributed by atoms with Crippen molar-refractivity contribution in [2.75, 3.05) is 46.3 Å². The number of carboxylic acids is 1. The molecular weight excluding hydrogens is 270 g/mol. The third-order valence-electron chi connectivity index (χ3n) is 4.63. The second kappa shape index (κ2) is 7.64. The summed E-state index contributed by atoms with van der Waals surface area (Å²) in [6, 6.07) is 0.0861. The van der Waals surface area contributed by atoms with Gasteiger partial charge in [-0.2, -0.15) is 0 Å². The Labute approximate surface area is 126 Å². The van der Waals surface area contributed by atoms with Gasteiger partial charge in [-0.3, -0.25) is 4.79 Å². The predicted molar refractivity (Wildman–Crippen MR) is 80.2 cm³/mol. The number of carbonyl (C=O) groups is 2. The van der Waals surface area contributed by atoms with Gasteiger partial charge in [0, 0.05) is 39.6 Å². The molecule has 21 heavy (non-hydrogen) atoms. The average molecular weight is 297 g/mol. The van der Waals surface area contributed by atoms with Gasteiger partial charge in [-0.1, -0.05) is 0 Å². The summed E-state index contributed by atoms with van der Waals surface area (Å²) in [6.45, 7) is 5.41. The maximum absolute atomic E-state index is 12.3. The van der Waals surface area contributed by atoms with E-state index in [4.69, 9.17) is 5.11 Å². The highest BCUT2D eigenvalue weighted by molar-refractivity contribution is 5.74. The third kappa shape index (κ3) is 4.88. The largest absolute Gasteiger partial charge is 0.481 e. The van der Waals surface area contributed by atoms with Gasteiger partial charge >= 0.3 is 12.0 Å². The zero-order valence-electron chi connectivity index (χ0n) is 13.0. The van der Waals surface area contributed by atoms with E-state index >= 15 is 0 Å². The van der Waals surface area contributed by atoms with Gasteiger partial charge < -0.3 is 19.8 Å². The molecule has 0 aliphatic carbocycles. The minimum Gasteiger partial charge on any atom is -0.481 e. The van der Waals surface area contributed by atoms with Crippen LogP contribution in [0.1, 0.15) is 32.1 Å².